The molecule has 0 aliphatic rings. The lowest BCUT2D eigenvalue weighted by molar-refractivity contribution is -0.138. The van der Waals surface area contributed by atoms with Crippen molar-refractivity contribution in [2.45, 2.75) is 37.4 Å². The number of sulfonamides is 1. The summed E-state index contributed by atoms with van der Waals surface area (Å²) in [4.78, 5) is -0.0372. The van der Waals surface area contributed by atoms with Crippen molar-refractivity contribution in [3.63, 3.8) is 0 Å². The van der Waals surface area contributed by atoms with Crippen LogP contribution in [0.15, 0.2) is 53.4 Å². The van der Waals surface area contributed by atoms with E-state index in [1.807, 2.05) is 6.92 Å². The maximum atomic E-state index is 13.0. The Bertz CT molecular complexity index is 818. The maximum Gasteiger partial charge on any atom is 0.416 e. The third-order valence-electron chi connectivity index (χ3n) is 3.68. The van der Waals surface area contributed by atoms with Crippen LogP contribution in [0.4, 0.5) is 13.2 Å². The molecule has 0 saturated carbocycles. The number of rotatable bonds is 8. The molecule has 1 N–H and O–H groups in total. The molecule has 0 atom stereocenters. The SMILES string of the molecule is CCCCOc1ccc(S(=O)(=O)NCc2ccccc2C(F)(F)F)cc1. The number of nitrogens with one attached hydrogen (secondary N) is 1. The van der Waals surface area contributed by atoms with Gasteiger partial charge in [0.15, 0.2) is 0 Å². The number of benzene rings is 2. The topological polar surface area (TPSA) is 55.4 Å². The van der Waals surface area contributed by atoms with E-state index in [-0.39, 0.29) is 10.5 Å². The van der Waals surface area contributed by atoms with Crippen molar-refractivity contribution in [1.82, 2.24) is 4.72 Å². The summed E-state index contributed by atoms with van der Waals surface area (Å²) in [6, 6.07) is 10.6. The van der Waals surface area contributed by atoms with Crippen molar-refractivity contribution in [3.05, 3.63) is 59.7 Å². The van der Waals surface area contributed by atoms with Gasteiger partial charge in [0.1, 0.15) is 5.75 Å². The van der Waals surface area contributed by atoms with E-state index in [0.717, 1.165) is 18.9 Å². The van der Waals surface area contributed by atoms with Gasteiger partial charge in [-0.2, -0.15) is 13.2 Å². The molecule has 26 heavy (non-hydrogen) atoms. The van der Waals surface area contributed by atoms with Gasteiger partial charge in [-0.25, -0.2) is 13.1 Å². The third kappa shape index (κ3) is 5.47. The second-order valence-corrected chi connectivity index (χ2v) is 7.42. The number of halogens is 3. The minimum atomic E-state index is -4.54. The predicted molar refractivity (Wildman–Crippen MR) is 92.3 cm³/mol. The lowest BCUT2D eigenvalue weighted by Crippen LogP contribution is -2.24. The summed E-state index contributed by atoms with van der Waals surface area (Å²) in [6.45, 7) is 2.11. The van der Waals surface area contributed by atoms with Gasteiger partial charge in [-0.05, 0) is 42.3 Å². The molecule has 0 amide bonds. The predicted octanol–water partition coefficient (Wildman–Crippen LogP) is 4.36. The van der Waals surface area contributed by atoms with Crippen molar-refractivity contribution >= 4 is 10.0 Å². The first-order valence-corrected chi connectivity index (χ1v) is 9.60. The van der Waals surface area contributed by atoms with Crippen LogP contribution in [-0.2, 0) is 22.7 Å². The van der Waals surface area contributed by atoms with Crippen molar-refractivity contribution < 1.29 is 26.3 Å². The second-order valence-electron chi connectivity index (χ2n) is 5.65. The molecular formula is C18H20F3NO3S. The van der Waals surface area contributed by atoms with Crippen LogP contribution in [-0.4, -0.2) is 15.0 Å². The molecule has 0 aliphatic heterocycles. The minimum Gasteiger partial charge on any atom is -0.494 e. The fourth-order valence-corrected chi connectivity index (χ4v) is 3.26. The van der Waals surface area contributed by atoms with Gasteiger partial charge in [-0.15, -0.1) is 0 Å². The van der Waals surface area contributed by atoms with Crippen LogP contribution in [0.5, 0.6) is 5.75 Å². The van der Waals surface area contributed by atoms with Gasteiger partial charge in [0.2, 0.25) is 10.0 Å². The van der Waals surface area contributed by atoms with Gasteiger partial charge in [-0.3, -0.25) is 0 Å². The second kappa shape index (κ2) is 8.55. The average molecular weight is 387 g/mol. The van der Waals surface area contributed by atoms with Crippen molar-refractivity contribution in [1.29, 1.82) is 0 Å². The van der Waals surface area contributed by atoms with E-state index < -0.39 is 28.3 Å². The Kier molecular flexibility index (Phi) is 6.66. The van der Waals surface area contributed by atoms with Crippen LogP contribution >= 0.6 is 0 Å². The Labute approximate surface area is 151 Å². The number of hydrogen-bond acceptors (Lipinski definition) is 3. The molecule has 2 aromatic rings. The molecule has 0 aliphatic carbocycles. The van der Waals surface area contributed by atoms with E-state index in [1.165, 1.54) is 42.5 Å². The van der Waals surface area contributed by atoms with Gasteiger partial charge in [0.25, 0.3) is 0 Å². The summed E-state index contributed by atoms with van der Waals surface area (Å²) in [5, 5.41) is 0. The zero-order valence-electron chi connectivity index (χ0n) is 14.2. The van der Waals surface area contributed by atoms with E-state index in [2.05, 4.69) is 4.72 Å². The average Bonchev–Trinajstić information content (AvgIpc) is 2.60. The highest BCUT2D eigenvalue weighted by Gasteiger charge is 2.33. The van der Waals surface area contributed by atoms with Gasteiger partial charge >= 0.3 is 6.18 Å². The van der Waals surface area contributed by atoms with Gasteiger partial charge in [-0.1, -0.05) is 31.5 Å². The van der Waals surface area contributed by atoms with Crippen LogP contribution in [0, 0.1) is 0 Å². The molecule has 0 fully saturated rings. The molecule has 2 aromatic carbocycles. The monoisotopic (exact) mass is 387 g/mol. The van der Waals surface area contributed by atoms with Crippen molar-refractivity contribution in [2.24, 2.45) is 0 Å². The Morgan fingerprint density at radius 1 is 1.04 bits per heavy atom. The van der Waals surface area contributed by atoms with E-state index in [4.69, 9.17) is 4.74 Å². The van der Waals surface area contributed by atoms with Crippen LogP contribution in [0.3, 0.4) is 0 Å². The molecule has 0 saturated heterocycles. The molecule has 2 rings (SSSR count). The summed E-state index contributed by atoms with van der Waals surface area (Å²) in [7, 11) is -3.94. The fraction of sp³-hybridized carbons (Fsp3) is 0.333. The number of unbranched alkanes of at least 4 members (excludes halogenated alkanes) is 1. The zero-order chi connectivity index (χ0) is 19.2. The summed E-state index contributed by atoms with van der Waals surface area (Å²) in [6.07, 6.45) is -2.67. The molecular weight excluding hydrogens is 367 g/mol. The Morgan fingerprint density at radius 3 is 2.31 bits per heavy atom. The highest BCUT2D eigenvalue weighted by atomic mass is 32.2. The number of hydrogen-bond donors (Lipinski definition) is 1. The van der Waals surface area contributed by atoms with Crippen LogP contribution < -0.4 is 9.46 Å². The Morgan fingerprint density at radius 2 is 1.69 bits per heavy atom. The van der Waals surface area contributed by atoms with E-state index in [0.29, 0.717) is 12.4 Å². The smallest absolute Gasteiger partial charge is 0.416 e. The van der Waals surface area contributed by atoms with E-state index in [9.17, 15) is 21.6 Å². The first-order chi connectivity index (χ1) is 12.2. The molecule has 8 heteroatoms. The van der Waals surface area contributed by atoms with Crippen LogP contribution in [0.2, 0.25) is 0 Å². The molecule has 0 aromatic heterocycles. The van der Waals surface area contributed by atoms with E-state index in [1.54, 1.807) is 0 Å². The quantitative estimate of drug-likeness (QED) is 0.685. The van der Waals surface area contributed by atoms with Crippen LogP contribution in [0.25, 0.3) is 0 Å². The van der Waals surface area contributed by atoms with Gasteiger partial charge in [0, 0.05) is 6.54 Å². The molecule has 4 nitrogen and oxygen atoms in total. The lowest BCUT2D eigenvalue weighted by atomic mass is 10.1. The summed E-state index contributed by atoms with van der Waals surface area (Å²) < 4.78 is 71.2. The summed E-state index contributed by atoms with van der Waals surface area (Å²) >= 11 is 0. The zero-order valence-corrected chi connectivity index (χ0v) is 15.0. The number of alkyl halides is 3. The largest absolute Gasteiger partial charge is 0.494 e. The molecule has 0 radical (unpaired) electrons. The third-order valence-corrected chi connectivity index (χ3v) is 5.09. The first-order valence-electron chi connectivity index (χ1n) is 8.11. The molecule has 0 bridgehead atoms. The molecule has 0 heterocycles. The molecule has 142 valence electrons. The molecule has 0 spiro atoms. The fourth-order valence-electron chi connectivity index (χ4n) is 2.26. The summed E-state index contributed by atoms with van der Waals surface area (Å²) in [5.74, 6) is 0.541. The van der Waals surface area contributed by atoms with Crippen molar-refractivity contribution in [2.75, 3.05) is 6.61 Å². The Balaban J connectivity index is 2.08. The summed E-state index contributed by atoms with van der Waals surface area (Å²) in [5.41, 5.74) is -0.995. The number of ether oxygens (including phenoxy) is 1. The van der Waals surface area contributed by atoms with E-state index >= 15 is 0 Å². The normalized spacial score (nSPS) is 12.2. The lowest BCUT2D eigenvalue weighted by Gasteiger charge is -2.13. The van der Waals surface area contributed by atoms with Crippen LogP contribution in [0.1, 0.15) is 30.9 Å². The highest BCUT2D eigenvalue weighted by Crippen LogP contribution is 2.31. The first kappa shape index (κ1) is 20.3. The molecule has 0 unspecified atom stereocenters. The van der Waals surface area contributed by atoms with Crippen molar-refractivity contribution in [3.8, 4) is 5.75 Å². The maximum absolute atomic E-state index is 13.0. The Hall–Kier alpha value is -2.06. The van der Waals surface area contributed by atoms with Gasteiger partial charge in [0.05, 0.1) is 17.1 Å². The standard InChI is InChI=1S/C18H20F3NO3S/c1-2-3-12-25-15-8-10-16(11-9-15)26(23,24)22-13-14-6-4-5-7-17(14)18(19,20)21/h4-11,22H,2-3,12-13H2,1H3. The highest BCUT2D eigenvalue weighted by molar-refractivity contribution is 7.89. The minimum absolute atomic E-state index is 0.0372. The van der Waals surface area contributed by atoms with Gasteiger partial charge < -0.3 is 4.74 Å².